The first-order chi connectivity index (χ1) is 32.8. The molecular formula is C60H33N3O3. The Kier molecular flexibility index (Phi) is 6.47. The van der Waals surface area contributed by atoms with Gasteiger partial charge in [-0.2, -0.15) is 0 Å². The highest BCUT2D eigenvalue weighted by molar-refractivity contribution is 6.34. The lowest BCUT2D eigenvalue weighted by molar-refractivity contribution is 0.669. The van der Waals surface area contributed by atoms with Gasteiger partial charge in [-0.25, -0.2) is 0 Å². The Labute approximate surface area is 373 Å². The lowest BCUT2D eigenvalue weighted by atomic mass is 10.0. The highest BCUT2D eigenvalue weighted by Crippen LogP contribution is 2.50. The van der Waals surface area contributed by atoms with Crippen LogP contribution in [0.1, 0.15) is 0 Å². The fourth-order valence-electron chi connectivity index (χ4n) is 11.5. The van der Waals surface area contributed by atoms with Gasteiger partial charge in [-0.05, 0) is 72.8 Å². The van der Waals surface area contributed by atoms with Gasteiger partial charge in [0.05, 0.1) is 66.0 Å². The summed E-state index contributed by atoms with van der Waals surface area (Å²) in [6, 6.07) is 71.5. The van der Waals surface area contributed by atoms with Gasteiger partial charge >= 0.3 is 0 Å². The zero-order chi connectivity index (χ0) is 42.8. The molecule has 0 aliphatic heterocycles. The van der Waals surface area contributed by atoms with Gasteiger partial charge in [-0.1, -0.05) is 127 Å². The summed E-state index contributed by atoms with van der Waals surface area (Å²) in [5.74, 6) is 0. The van der Waals surface area contributed by atoms with E-state index < -0.39 is 0 Å². The van der Waals surface area contributed by atoms with Crippen LogP contribution >= 0.6 is 0 Å². The molecule has 6 heteroatoms. The van der Waals surface area contributed by atoms with Gasteiger partial charge in [0.2, 0.25) is 0 Å². The first kappa shape index (κ1) is 34.5. The predicted octanol–water partition coefficient (Wildman–Crippen LogP) is 16.7. The fourth-order valence-corrected chi connectivity index (χ4v) is 11.5. The molecule has 0 atom stereocenters. The van der Waals surface area contributed by atoms with E-state index in [4.69, 9.17) is 13.3 Å². The minimum Gasteiger partial charge on any atom is -0.456 e. The fraction of sp³-hybridized carbons (Fsp3) is 0. The highest BCUT2D eigenvalue weighted by atomic mass is 16.3. The van der Waals surface area contributed by atoms with Crippen molar-refractivity contribution in [2.45, 2.75) is 0 Å². The largest absolute Gasteiger partial charge is 0.456 e. The number of rotatable bonds is 3. The highest BCUT2D eigenvalue weighted by Gasteiger charge is 2.29. The molecule has 16 rings (SSSR count). The van der Waals surface area contributed by atoms with E-state index >= 15 is 0 Å². The lowest BCUT2D eigenvalue weighted by Crippen LogP contribution is -1.99. The molecule has 0 spiro atoms. The van der Waals surface area contributed by atoms with Gasteiger partial charge in [0.15, 0.2) is 0 Å². The molecule has 6 heterocycles. The lowest BCUT2D eigenvalue weighted by Gasteiger charge is -2.14. The number of para-hydroxylation sites is 7. The molecule has 0 bridgehead atoms. The third-order valence-electron chi connectivity index (χ3n) is 14.2. The third kappa shape index (κ3) is 4.31. The topological polar surface area (TPSA) is 54.2 Å². The first-order valence-electron chi connectivity index (χ1n) is 22.4. The van der Waals surface area contributed by atoms with Gasteiger partial charge in [0.25, 0.3) is 0 Å². The maximum Gasteiger partial charge on any atom is 0.147 e. The summed E-state index contributed by atoms with van der Waals surface area (Å²) >= 11 is 0. The Balaban J connectivity index is 1.18. The van der Waals surface area contributed by atoms with Crippen molar-refractivity contribution < 1.29 is 13.3 Å². The normalized spacial score (nSPS) is 12.5. The average Bonchev–Trinajstić information content (AvgIpc) is 4.22. The van der Waals surface area contributed by atoms with Crippen LogP contribution in [0.3, 0.4) is 0 Å². The molecule has 0 saturated carbocycles. The Morgan fingerprint density at radius 2 is 0.606 bits per heavy atom. The molecule has 0 aliphatic carbocycles. The van der Waals surface area contributed by atoms with Gasteiger partial charge < -0.3 is 27.0 Å². The summed E-state index contributed by atoms with van der Waals surface area (Å²) in [4.78, 5) is 0. The molecule has 6 nitrogen and oxygen atoms in total. The molecule has 0 N–H and O–H groups in total. The van der Waals surface area contributed by atoms with Gasteiger partial charge in [0, 0.05) is 48.8 Å². The van der Waals surface area contributed by atoms with Crippen molar-refractivity contribution in [3.63, 3.8) is 0 Å². The summed E-state index contributed by atoms with van der Waals surface area (Å²) in [7, 11) is 0. The summed E-state index contributed by atoms with van der Waals surface area (Å²) < 4.78 is 28.2. The molecule has 66 heavy (non-hydrogen) atoms. The molecule has 0 amide bonds. The second kappa shape index (κ2) is 12.4. The van der Waals surface area contributed by atoms with Gasteiger partial charge in [-0.15, -0.1) is 0 Å². The van der Waals surface area contributed by atoms with Crippen LogP contribution in [0.15, 0.2) is 213 Å². The van der Waals surface area contributed by atoms with Crippen LogP contribution in [-0.4, -0.2) is 13.7 Å². The van der Waals surface area contributed by atoms with Crippen molar-refractivity contribution in [1.29, 1.82) is 0 Å². The van der Waals surface area contributed by atoms with Crippen LogP contribution in [0, 0.1) is 0 Å². The predicted molar refractivity (Wildman–Crippen MR) is 271 cm³/mol. The standard InChI is InChI=1S/C60H33N3O3/c1-8-22-43-35(15-1)36-16-2-9-23-44(36)62(43)47-32-49-57(59-55(47)40-20-6-13-27-52(40)65-59)58-50(61(49)34-29-30-54-42(31-34)39-19-5-12-26-51(39)64-54)33-48(56-41-21-7-14-28-53(41)66-60(56)58)63-45-24-10-3-17-37(45)38-18-4-11-25-46(38)63/h1-33H. The summed E-state index contributed by atoms with van der Waals surface area (Å²) in [6.07, 6.45) is 0. The molecule has 0 fully saturated rings. The number of furan rings is 3. The first-order valence-corrected chi connectivity index (χ1v) is 22.4. The van der Waals surface area contributed by atoms with Crippen LogP contribution in [0.5, 0.6) is 0 Å². The SMILES string of the molecule is c1ccc2c(c1)oc1ccc(-n3c4cc(-n5c6ccccc6c6ccccc65)c5c6ccccc6oc5c4c4c5oc6ccccc6c5c(-n5c6ccccc6c6ccccc65)cc43)cc12. The van der Waals surface area contributed by atoms with Gasteiger partial charge in [0.1, 0.15) is 33.5 Å². The Bertz CT molecular complexity index is 4420. The zero-order valence-electron chi connectivity index (χ0n) is 35.1. The zero-order valence-corrected chi connectivity index (χ0v) is 35.1. The van der Waals surface area contributed by atoms with E-state index in [2.05, 4.69) is 202 Å². The third-order valence-corrected chi connectivity index (χ3v) is 14.2. The number of benzene rings is 10. The molecule has 0 saturated heterocycles. The Hall–Kier alpha value is -9.00. The maximum absolute atomic E-state index is 7.25. The molecule has 10 aromatic carbocycles. The quantitative estimate of drug-likeness (QED) is 0.178. The van der Waals surface area contributed by atoms with E-state index in [1.54, 1.807) is 0 Å². The molecule has 0 unspecified atom stereocenters. The minimum absolute atomic E-state index is 0.815. The van der Waals surface area contributed by atoms with Crippen molar-refractivity contribution in [2.24, 2.45) is 0 Å². The van der Waals surface area contributed by atoms with E-state index in [1.807, 2.05) is 12.1 Å². The van der Waals surface area contributed by atoms with E-state index in [-0.39, 0.29) is 0 Å². The summed E-state index contributed by atoms with van der Waals surface area (Å²) in [5, 5.41) is 13.1. The van der Waals surface area contributed by atoms with Crippen LogP contribution in [-0.2, 0) is 0 Å². The van der Waals surface area contributed by atoms with Crippen LogP contribution < -0.4 is 0 Å². The molecule has 0 aliphatic rings. The van der Waals surface area contributed by atoms with E-state index in [0.717, 1.165) is 127 Å². The van der Waals surface area contributed by atoms with E-state index in [0.29, 0.717) is 0 Å². The molecule has 0 radical (unpaired) electrons. The number of hydrogen-bond acceptors (Lipinski definition) is 3. The van der Waals surface area contributed by atoms with E-state index in [9.17, 15) is 0 Å². The number of fused-ring (bicyclic) bond motifs is 20. The van der Waals surface area contributed by atoms with Crippen molar-refractivity contribution in [3.8, 4) is 17.1 Å². The van der Waals surface area contributed by atoms with Gasteiger partial charge in [-0.3, -0.25) is 0 Å². The molecule has 6 aromatic heterocycles. The van der Waals surface area contributed by atoms with Crippen LogP contribution in [0.2, 0.25) is 0 Å². The molecular weight excluding hydrogens is 811 g/mol. The molecule has 16 aromatic rings. The number of hydrogen-bond donors (Lipinski definition) is 0. The second-order valence-electron chi connectivity index (χ2n) is 17.5. The van der Waals surface area contributed by atoms with Crippen LogP contribution in [0.25, 0.3) is 148 Å². The molecule has 306 valence electrons. The summed E-state index contributed by atoms with van der Waals surface area (Å²) in [5.41, 5.74) is 14.6. The van der Waals surface area contributed by atoms with Crippen molar-refractivity contribution in [3.05, 3.63) is 200 Å². The minimum atomic E-state index is 0.815. The average molecular weight is 844 g/mol. The Morgan fingerprint density at radius 3 is 1.06 bits per heavy atom. The van der Waals surface area contributed by atoms with Crippen molar-refractivity contribution >= 4 is 131 Å². The van der Waals surface area contributed by atoms with E-state index in [1.165, 1.54) is 21.5 Å². The van der Waals surface area contributed by atoms with Crippen molar-refractivity contribution in [1.82, 2.24) is 13.7 Å². The van der Waals surface area contributed by atoms with Crippen molar-refractivity contribution in [2.75, 3.05) is 0 Å². The monoisotopic (exact) mass is 843 g/mol. The maximum atomic E-state index is 7.25. The smallest absolute Gasteiger partial charge is 0.147 e. The Morgan fingerprint density at radius 1 is 0.242 bits per heavy atom. The second-order valence-corrected chi connectivity index (χ2v) is 17.5. The van der Waals surface area contributed by atoms with Crippen LogP contribution in [0.4, 0.5) is 0 Å². The number of nitrogens with zero attached hydrogens (tertiary/aromatic N) is 3. The summed E-state index contributed by atoms with van der Waals surface area (Å²) in [6.45, 7) is 0. The number of aromatic nitrogens is 3.